The summed E-state index contributed by atoms with van der Waals surface area (Å²) in [7, 11) is 0. The first-order chi connectivity index (χ1) is 8.24. The molecule has 0 fully saturated rings. The molecule has 4 nitrogen and oxygen atoms in total. The summed E-state index contributed by atoms with van der Waals surface area (Å²) in [5.41, 5.74) is 1.87. The first-order valence-electron chi connectivity index (χ1n) is 5.06. The van der Waals surface area contributed by atoms with Gasteiger partial charge in [0.05, 0.1) is 11.0 Å². The molecule has 17 heavy (non-hydrogen) atoms. The molecule has 2 N–H and O–H groups in total. The summed E-state index contributed by atoms with van der Waals surface area (Å²) in [6.07, 6.45) is 3.19. The molecule has 84 valence electrons. The molecule has 0 saturated heterocycles. The van der Waals surface area contributed by atoms with Crippen molar-refractivity contribution in [3.8, 4) is 11.1 Å². The molecule has 2 aromatic heterocycles. The number of benzene rings is 1. The van der Waals surface area contributed by atoms with Gasteiger partial charge in [-0.2, -0.15) is 0 Å². The molecule has 0 saturated carbocycles. The first kappa shape index (κ1) is 9.77. The zero-order chi connectivity index (χ0) is 11.8. The van der Waals surface area contributed by atoms with Crippen LogP contribution in [0.1, 0.15) is 0 Å². The Balaban J connectivity index is 2.30. The molecule has 0 aliphatic heterocycles. The van der Waals surface area contributed by atoms with Gasteiger partial charge in [0.15, 0.2) is 0 Å². The second-order valence-electron chi connectivity index (χ2n) is 3.69. The lowest BCUT2D eigenvalue weighted by atomic mass is 10.1. The second kappa shape index (κ2) is 3.55. The van der Waals surface area contributed by atoms with Crippen molar-refractivity contribution < 1.29 is 4.39 Å². The topological polar surface area (TPSA) is 61.5 Å². The highest BCUT2D eigenvalue weighted by Gasteiger charge is 2.08. The van der Waals surface area contributed by atoms with Crippen LogP contribution < -0.4 is 5.69 Å². The van der Waals surface area contributed by atoms with E-state index in [1.807, 2.05) is 0 Å². The van der Waals surface area contributed by atoms with Gasteiger partial charge in [0.1, 0.15) is 5.82 Å². The maximum atomic E-state index is 13.9. The van der Waals surface area contributed by atoms with Crippen molar-refractivity contribution in [3.63, 3.8) is 0 Å². The molecule has 0 radical (unpaired) electrons. The minimum absolute atomic E-state index is 0.341. The van der Waals surface area contributed by atoms with E-state index in [1.165, 1.54) is 6.07 Å². The number of hydrogen-bond donors (Lipinski definition) is 2. The maximum absolute atomic E-state index is 13.9. The molecule has 1 aromatic carbocycles. The number of fused-ring (bicyclic) bond motifs is 1. The van der Waals surface area contributed by atoms with Crippen molar-refractivity contribution in [2.45, 2.75) is 0 Å². The molecule has 0 unspecified atom stereocenters. The monoisotopic (exact) mass is 229 g/mol. The number of H-pyrrole nitrogens is 2. The number of nitrogens with one attached hydrogen (secondary N) is 2. The third kappa shape index (κ3) is 1.61. The molecule has 3 rings (SSSR count). The molecule has 0 aliphatic rings. The Labute approximate surface area is 95.1 Å². The lowest BCUT2D eigenvalue weighted by Crippen LogP contribution is -1.99. The Morgan fingerprint density at radius 1 is 1.06 bits per heavy atom. The lowest BCUT2D eigenvalue weighted by molar-refractivity contribution is 0.633. The van der Waals surface area contributed by atoms with Crippen LogP contribution in [-0.4, -0.2) is 15.0 Å². The summed E-state index contributed by atoms with van der Waals surface area (Å²) >= 11 is 0. The van der Waals surface area contributed by atoms with Crippen LogP contribution in [0.3, 0.4) is 0 Å². The van der Waals surface area contributed by atoms with Gasteiger partial charge in [0, 0.05) is 24.0 Å². The van der Waals surface area contributed by atoms with Crippen LogP contribution in [0.2, 0.25) is 0 Å². The Morgan fingerprint density at radius 2 is 1.71 bits per heavy atom. The fourth-order valence-corrected chi connectivity index (χ4v) is 1.81. The summed E-state index contributed by atoms with van der Waals surface area (Å²) in [6, 6.07) is 6.35. The molecule has 0 amide bonds. The summed E-state index contributed by atoms with van der Waals surface area (Å²) in [4.78, 5) is 20.1. The summed E-state index contributed by atoms with van der Waals surface area (Å²) in [6.45, 7) is 0. The third-order valence-corrected chi connectivity index (χ3v) is 2.59. The van der Waals surface area contributed by atoms with Crippen LogP contribution in [0.5, 0.6) is 0 Å². The Kier molecular flexibility index (Phi) is 2.04. The number of rotatable bonds is 1. The van der Waals surface area contributed by atoms with E-state index in [2.05, 4.69) is 15.0 Å². The predicted molar refractivity (Wildman–Crippen MR) is 62.1 cm³/mol. The van der Waals surface area contributed by atoms with Crippen LogP contribution in [-0.2, 0) is 0 Å². The minimum Gasteiger partial charge on any atom is -0.306 e. The Bertz CT molecular complexity index is 730. The molecule has 2 heterocycles. The molecule has 0 atom stereocenters. The number of hydrogen-bond acceptors (Lipinski definition) is 2. The molecule has 0 aliphatic carbocycles. The van der Waals surface area contributed by atoms with E-state index >= 15 is 0 Å². The normalized spacial score (nSPS) is 10.9. The number of imidazole rings is 1. The molecular formula is C12H8FN3O. The fourth-order valence-electron chi connectivity index (χ4n) is 1.81. The third-order valence-electron chi connectivity index (χ3n) is 2.59. The van der Waals surface area contributed by atoms with E-state index in [1.54, 1.807) is 30.6 Å². The zero-order valence-electron chi connectivity index (χ0n) is 8.70. The van der Waals surface area contributed by atoms with Crippen molar-refractivity contribution >= 4 is 11.0 Å². The van der Waals surface area contributed by atoms with Crippen molar-refractivity contribution in [2.75, 3.05) is 0 Å². The molecule has 3 aromatic rings. The standard InChI is InChI=1S/C12H8FN3O/c13-9-6-11-10(15-12(17)16-11)5-8(9)7-1-3-14-4-2-7/h1-6H,(H2,15,16,17). The minimum atomic E-state index is -0.376. The van der Waals surface area contributed by atoms with Crippen molar-refractivity contribution in [1.29, 1.82) is 0 Å². The largest absolute Gasteiger partial charge is 0.323 e. The lowest BCUT2D eigenvalue weighted by Gasteiger charge is -2.02. The summed E-state index contributed by atoms with van der Waals surface area (Å²) < 4.78 is 13.9. The van der Waals surface area contributed by atoms with Crippen molar-refractivity contribution in [1.82, 2.24) is 15.0 Å². The molecular weight excluding hydrogens is 221 g/mol. The molecule has 0 spiro atoms. The van der Waals surface area contributed by atoms with Gasteiger partial charge in [-0.3, -0.25) is 4.98 Å². The van der Waals surface area contributed by atoms with Gasteiger partial charge in [-0.15, -0.1) is 0 Å². The number of halogens is 1. The average molecular weight is 229 g/mol. The van der Waals surface area contributed by atoms with E-state index in [0.717, 1.165) is 5.56 Å². The van der Waals surface area contributed by atoms with Gasteiger partial charge < -0.3 is 9.97 Å². The number of nitrogens with zero attached hydrogens (tertiary/aromatic N) is 1. The van der Waals surface area contributed by atoms with Crippen molar-refractivity contribution in [3.05, 3.63) is 53.0 Å². The number of aromatic nitrogens is 3. The highest BCUT2D eigenvalue weighted by molar-refractivity contribution is 5.81. The van der Waals surface area contributed by atoms with E-state index < -0.39 is 0 Å². The summed E-state index contributed by atoms with van der Waals surface area (Å²) in [5.74, 6) is -0.376. The van der Waals surface area contributed by atoms with E-state index in [-0.39, 0.29) is 11.5 Å². The highest BCUT2D eigenvalue weighted by atomic mass is 19.1. The van der Waals surface area contributed by atoms with Crippen LogP contribution in [0.25, 0.3) is 22.2 Å². The maximum Gasteiger partial charge on any atom is 0.323 e. The van der Waals surface area contributed by atoms with Crippen LogP contribution in [0.15, 0.2) is 41.5 Å². The average Bonchev–Trinajstić information content (AvgIpc) is 2.68. The van der Waals surface area contributed by atoms with Crippen LogP contribution in [0, 0.1) is 5.82 Å². The first-order valence-corrected chi connectivity index (χ1v) is 5.06. The van der Waals surface area contributed by atoms with Gasteiger partial charge in [-0.1, -0.05) is 0 Å². The second-order valence-corrected chi connectivity index (χ2v) is 3.69. The molecule has 5 heteroatoms. The van der Waals surface area contributed by atoms with Gasteiger partial charge in [0.2, 0.25) is 0 Å². The zero-order valence-corrected chi connectivity index (χ0v) is 8.70. The number of aromatic amines is 2. The quantitative estimate of drug-likeness (QED) is 0.670. The van der Waals surface area contributed by atoms with E-state index in [9.17, 15) is 9.18 Å². The number of pyridine rings is 1. The Hall–Kier alpha value is -2.43. The van der Waals surface area contributed by atoms with Gasteiger partial charge >= 0.3 is 5.69 Å². The van der Waals surface area contributed by atoms with Crippen LogP contribution in [0.4, 0.5) is 4.39 Å². The van der Waals surface area contributed by atoms with Gasteiger partial charge in [-0.25, -0.2) is 9.18 Å². The fraction of sp³-hybridized carbons (Fsp3) is 0. The van der Waals surface area contributed by atoms with Gasteiger partial charge in [0.25, 0.3) is 0 Å². The van der Waals surface area contributed by atoms with Crippen LogP contribution >= 0.6 is 0 Å². The highest BCUT2D eigenvalue weighted by Crippen LogP contribution is 2.25. The van der Waals surface area contributed by atoms with E-state index in [0.29, 0.717) is 16.6 Å². The van der Waals surface area contributed by atoms with E-state index in [4.69, 9.17) is 0 Å². The Morgan fingerprint density at radius 3 is 2.41 bits per heavy atom. The summed E-state index contributed by atoms with van der Waals surface area (Å²) in [5, 5.41) is 0. The smallest absolute Gasteiger partial charge is 0.306 e. The van der Waals surface area contributed by atoms with Gasteiger partial charge in [-0.05, 0) is 23.8 Å². The SMILES string of the molecule is O=c1[nH]c2cc(F)c(-c3ccncc3)cc2[nH]1. The predicted octanol–water partition coefficient (Wildman–Crippen LogP) is 2.06. The molecule has 0 bridgehead atoms. The van der Waals surface area contributed by atoms with Crippen molar-refractivity contribution in [2.24, 2.45) is 0 Å².